The number of carbonyl (C=O) groups is 1. The van der Waals surface area contributed by atoms with Crippen molar-refractivity contribution < 1.29 is 18.3 Å². The fourth-order valence-corrected chi connectivity index (χ4v) is 3.97. The van der Waals surface area contributed by atoms with Crippen molar-refractivity contribution in [3.63, 3.8) is 0 Å². The lowest BCUT2D eigenvalue weighted by atomic mass is 9.99. The standard InChI is InChI=1S/C29H28FNO3/c1-4-5-6-20-7-13-23(14-8-20)31-29(32)15-19(2)24-16-25-26(21-9-11-22(30)12-10-21)18-34-28(25)17-27(24)33-3/h7-18H,4-6H2,1-3H3,(H,31,32)/b19-15+. The van der Waals surface area contributed by atoms with Gasteiger partial charge in [-0.2, -0.15) is 0 Å². The van der Waals surface area contributed by atoms with E-state index in [9.17, 15) is 9.18 Å². The van der Waals surface area contributed by atoms with Crippen molar-refractivity contribution in [1.29, 1.82) is 0 Å². The molecule has 0 aliphatic rings. The van der Waals surface area contributed by atoms with E-state index in [0.29, 0.717) is 11.3 Å². The van der Waals surface area contributed by atoms with Gasteiger partial charge >= 0.3 is 0 Å². The van der Waals surface area contributed by atoms with Gasteiger partial charge in [0.1, 0.15) is 17.1 Å². The van der Waals surface area contributed by atoms with Crippen molar-refractivity contribution in [3.8, 4) is 16.9 Å². The quantitative estimate of drug-likeness (QED) is 0.277. The molecular formula is C29H28FNO3. The van der Waals surface area contributed by atoms with E-state index in [1.807, 2.05) is 31.2 Å². The highest BCUT2D eigenvalue weighted by molar-refractivity contribution is 6.05. The number of rotatable bonds is 8. The van der Waals surface area contributed by atoms with Gasteiger partial charge in [0.2, 0.25) is 5.91 Å². The summed E-state index contributed by atoms with van der Waals surface area (Å²) in [7, 11) is 1.59. The molecular weight excluding hydrogens is 429 g/mol. The smallest absolute Gasteiger partial charge is 0.248 e. The normalized spacial score (nSPS) is 11.6. The highest BCUT2D eigenvalue weighted by Gasteiger charge is 2.15. The maximum Gasteiger partial charge on any atom is 0.248 e. The van der Waals surface area contributed by atoms with E-state index in [2.05, 4.69) is 24.4 Å². The number of hydrogen-bond donors (Lipinski definition) is 1. The van der Waals surface area contributed by atoms with Crippen molar-refractivity contribution in [2.75, 3.05) is 12.4 Å². The summed E-state index contributed by atoms with van der Waals surface area (Å²) in [5.41, 5.74) is 5.90. The predicted octanol–water partition coefficient (Wildman–Crippen LogP) is 7.63. The number of anilines is 1. The number of aryl methyl sites for hydroxylation is 1. The number of unbranched alkanes of at least 4 members (excludes halogenated alkanes) is 1. The molecule has 174 valence electrons. The van der Waals surface area contributed by atoms with E-state index in [1.165, 1.54) is 17.7 Å². The van der Waals surface area contributed by atoms with Crippen LogP contribution in [0.2, 0.25) is 0 Å². The van der Waals surface area contributed by atoms with Crippen LogP contribution in [0.4, 0.5) is 10.1 Å². The van der Waals surface area contributed by atoms with Gasteiger partial charge in [-0.3, -0.25) is 4.79 Å². The first-order valence-electron chi connectivity index (χ1n) is 11.4. The summed E-state index contributed by atoms with van der Waals surface area (Å²) in [6.45, 7) is 4.04. The largest absolute Gasteiger partial charge is 0.496 e. The van der Waals surface area contributed by atoms with Crippen LogP contribution in [-0.4, -0.2) is 13.0 Å². The Hall–Kier alpha value is -3.86. The Labute approximate surface area is 199 Å². The molecule has 4 rings (SSSR count). The Kier molecular flexibility index (Phi) is 7.12. The summed E-state index contributed by atoms with van der Waals surface area (Å²) in [5.74, 6) is 0.0977. The number of methoxy groups -OCH3 is 1. The highest BCUT2D eigenvalue weighted by Crippen LogP contribution is 2.37. The summed E-state index contributed by atoms with van der Waals surface area (Å²) >= 11 is 0. The Balaban J connectivity index is 1.60. The second kappa shape index (κ2) is 10.4. The van der Waals surface area contributed by atoms with E-state index in [0.717, 1.165) is 52.6 Å². The first-order chi connectivity index (χ1) is 16.5. The number of carbonyl (C=O) groups excluding carboxylic acids is 1. The Morgan fingerprint density at radius 3 is 2.50 bits per heavy atom. The molecule has 0 unspecified atom stereocenters. The SMILES string of the molecule is CCCCc1ccc(NC(=O)/C=C(\C)c2cc3c(-c4ccc(F)cc4)coc3cc2OC)cc1. The van der Waals surface area contributed by atoms with Crippen LogP contribution in [0.25, 0.3) is 27.7 Å². The van der Waals surface area contributed by atoms with Crippen LogP contribution in [-0.2, 0) is 11.2 Å². The van der Waals surface area contributed by atoms with E-state index < -0.39 is 0 Å². The molecule has 0 aliphatic carbocycles. The van der Waals surface area contributed by atoms with Crippen LogP contribution >= 0.6 is 0 Å². The molecule has 0 aliphatic heterocycles. The molecule has 0 spiro atoms. The van der Waals surface area contributed by atoms with Crippen LogP contribution in [0.3, 0.4) is 0 Å². The van der Waals surface area contributed by atoms with Gasteiger partial charge in [-0.05, 0) is 66.8 Å². The molecule has 0 fully saturated rings. The maximum atomic E-state index is 13.4. The first kappa shape index (κ1) is 23.3. The van der Waals surface area contributed by atoms with Crippen molar-refractivity contribution in [2.24, 2.45) is 0 Å². The van der Waals surface area contributed by atoms with Crippen molar-refractivity contribution in [2.45, 2.75) is 33.1 Å². The molecule has 0 saturated heterocycles. The number of ether oxygens (including phenoxy) is 1. The van der Waals surface area contributed by atoms with E-state index >= 15 is 0 Å². The van der Waals surface area contributed by atoms with Crippen molar-refractivity contribution in [3.05, 3.63) is 89.9 Å². The number of halogens is 1. The monoisotopic (exact) mass is 457 g/mol. The Bertz CT molecular complexity index is 1320. The van der Waals surface area contributed by atoms with Gasteiger partial charge in [-0.15, -0.1) is 0 Å². The van der Waals surface area contributed by atoms with Gasteiger partial charge in [-0.1, -0.05) is 37.6 Å². The molecule has 4 nitrogen and oxygen atoms in total. The predicted molar refractivity (Wildman–Crippen MR) is 135 cm³/mol. The minimum atomic E-state index is -0.292. The molecule has 3 aromatic carbocycles. The van der Waals surface area contributed by atoms with E-state index in [1.54, 1.807) is 31.6 Å². The third-order valence-electron chi connectivity index (χ3n) is 5.86. The lowest BCUT2D eigenvalue weighted by molar-refractivity contribution is -0.111. The molecule has 5 heteroatoms. The van der Waals surface area contributed by atoms with Crippen molar-refractivity contribution in [1.82, 2.24) is 0 Å². The third-order valence-corrected chi connectivity index (χ3v) is 5.86. The van der Waals surface area contributed by atoms with Gasteiger partial charge in [-0.25, -0.2) is 4.39 Å². The zero-order valence-electron chi connectivity index (χ0n) is 19.7. The highest BCUT2D eigenvalue weighted by atomic mass is 19.1. The first-order valence-corrected chi connectivity index (χ1v) is 11.4. The average Bonchev–Trinajstić information content (AvgIpc) is 3.26. The lowest BCUT2D eigenvalue weighted by Gasteiger charge is -2.10. The zero-order valence-corrected chi connectivity index (χ0v) is 19.7. The van der Waals surface area contributed by atoms with E-state index in [4.69, 9.17) is 9.15 Å². The van der Waals surface area contributed by atoms with Crippen LogP contribution in [0.5, 0.6) is 5.75 Å². The van der Waals surface area contributed by atoms with Gasteiger partial charge in [0.25, 0.3) is 0 Å². The minimum absolute atomic E-state index is 0.216. The van der Waals surface area contributed by atoms with Gasteiger partial charge in [0.05, 0.1) is 13.4 Å². The molecule has 0 radical (unpaired) electrons. The number of fused-ring (bicyclic) bond motifs is 1. The van der Waals surface area contributed by atoms with Gasteiger partial charge in [0, 0.05) is 34.3 Å². The summed E-state index contributed by atoms with van der Waals surface area (Å²) in [5, 5.41) is 3.79. The second-order valence-corrected chi connectivity index (χ2v) is 8.32. The van der Waals surface area contributed by atoms with Crippen LogP contribution < -0.4 is 10.1 Å². The maximum absolute atomic E-state index is 13.4. The fourth-order valence-electron chi connectivity index (χ4n) is 3.97. The average molecular weight is 458 g/mol. The second-order valence-electron chi connectivity index (χ2n) is 8.32. The number of furan rings is 1. The molecule has 0 saturated carbocycles. The van der Waals surface area contributed by atoms with Crippen LogP contribution in [0.1, 0.15) is 37.8 Å². The number of benzene rings is 3. The minimum Gasteiger partial charge on any atom is -0.496 e. The number of amides is 1. The Morgan fingerprint density at radius 1 is 1.09 bits per heavy atom. The molecule has 34 heavy (non-hydrogen) atoms. The third kappa shape index (κ3) is 5.20. The number of allylic oxidation sites excluding steroid dienone is 1. The van der Waals surface area contributed by atoms with Crippen LogP contribution in [0.15, 0.2) is 77.4 Å². The van der Waals surface area contributed by atoms with Crippen molar-refractivity contribution >= 4 is 28.1 Å². The van der Waals surface area contributed by atoms with Gasteiger partial charge in [0.15, 0.2) is 0 Å². The van der Waals surface area contributed by atoms with E-state index in [-0.39, 0.29) is 11.7 Å². The molecule has 1 aromatic heterocycles. The fraction of sp³-hybridized carbons (Fsp3) is 0.207. The molecule has 4 aromatic rings. The molecule has 1 N–H and O–H groups in total. The summed E-state index contributed by atoms with van der Waals surface area (Å²) in [6, 6.07) is 18.0. The molecule has 0 atom stereocenters. The molecule has 0 bridgehead atoms. The summed E-state index contributed by atoms with van der Waals surface area (Å²) in [6.07, 6.45) is 6.56. The number of hydrogen-bond acceptors (Lipinski definition) is 3. The topological polar surface area (TPSA) is 51.5 Å². The molecule has 1 heterocycles. The lowest BCUT2D eigenvalue weighted by Crippen LogP contribution is -2.08. The van der Waals surface area contributed by atoms with Crippen LogP contribution in [0, 0.1) is 5.82 Å². The Morgan fingerprint density at radius 2 is 1.82 bits per heavy atom. The summed E-state index contributed by atoms with van der Waals surface area (Å²) in [4.78, 5) is 12.7. The number of nitrogens with one attached hydrogen (secondary N) is 1. The zero-order chi connectivity index (χ0) is 24.1. The van der Waals surface area contributed by atoms with Gasteiger partial charge < -0.3 is 14.5 Å². The summed E-state index contributed by atoms with van der Waals surface area (Å²) < 4.78 is 24.7. The molecule has 1 amide bonds.